The van der Waals surface area contributed by atoms with Crippen LogP contribution in [0.15, 0.2) is 30.3 Å². The first-order chi connectivity index (χ1) is 11.6. The summed E-state index contributed by atoms with van der Waals surface area (Å²) in [5.41, 5.74) is 2.63. The molecule has 1 N–H and O–H groups in total. The fourth-order valence-corrected chi connectivity index (χ4v) is 3.15. The molecule has 1 aliphatic heterocycles. The first-order valence-corrected chi connectivity index (χ1v) is 8.34. The minimum atomic E-state index is -0.00684. The predicted molar refractivity (Wildman–Crippen MR) is 92.3 cm³/mol. The maximum atomic E-state index is 13.0. The van der Waals surface area contributed by atoms with Crippen molar-refractivity contribution in [2.24, 2.45) is 0 Å². The van der Waals surface area contributed by atoms with Gasteiger partial charge in [-0.1, -0.05) is 12.1 Å². The van der Waals surface area contributed by atoms with E-state index in [2.05, 4.69) is 10.4 Å². The van der Waals surface area contributed by atoms with Crippen molar-refractivity contribution in [1.29, 1.82) is 0 Å². The van der Waals surface area contributed by atoms with Gasteiger partial charge in [-0.25, -0.2) is 0 Å². The average Bonchev–Trinajstić information content (AvgIpc) is 3.02. The number of carbonyl (C=O) groups is 1. The van der Waals surface area contributed by atoms with Crippen LogP contribution >= 0.6 is 0 Å². The Labute approximate surface area is 142 Å². The summed E-state index contributed by atoms with van der Waals surface area (Å²) in [6, 6.07) is 9.79. The molecule has 128 valence electrons. The average molecular weight is 328 g/mol. The molecule has 0 bridgehead atoms. The summed E-state index contributed by atoms with van der Waals surface area (Å²) < 4.78 is 7.08. The lowest BCUT2D eigenvalue weighted by atomic mass is 10.0. The highest BCUT2D eigenvalue weighted by Gasteiger charge is 2.30. The van der Waals surface area contributed by atoms with Crippen molar-refractivity contribution in [1.82, 2.24) is 20.0 Å². The van der Waals surface area contributed by atoms with E-state index in [9.17, 15) is 4.79 Å². The Bertz CT molecular complexity index is 708. The van der Waals surface area contributed by atoms with Crippen LogP contribution in [-0.2, 0) is 6.54 Å². The molecule has 0 saturated carbocycles. The van der Waals surface area contributed by atoms with Crippen molar-refractivity contribution in [3.8, 4) is 5.75 Å². The molecule has 1 aromatic heterocycles. The number of benzene rings is 1. The molecule has 1 atom stereocenters. The van der Waals surface area contributed by atoms with Crippen LogP contribution in [0.4, 0.5) is 0 Å². The van der Waals surface area contributed by atoms with Crippen LogP contribution in [0.1, 0.15) is 34.7 Å². The number of piperazine rings is 1. The first kappa shape index (κ1) is 16.5. The molecule has 2 heterocycles. The van der Waals surface area contributed by atoms with Crippen molar-refractivity contribution in [3.05, 3.63) is 47.3 Å². The van der Waals surface area contributed by atoms with Gasteiger partial charge in [0.05, 0.1) is 13.2 Å². The summed E-state index contributed by atoms with van der Waals surface area (Å²) in [6.45, 7) is 6.98. The molecule has 6 heteroatoms. The Morgan fingerprint density at radius 2 is 2.12 bits per heavy atom. The number of nitrogens with zero attached hydrogens (tertiary/aromatic N) is 3. The Kier molecular flexibility index (Phi) is 4.85. The zero-order chi connectivity index (χ0) is 17.1. The van der Waals surface area contributed by atoms with E-state index in [0.29, 0.717) is 12.2 Å². The number of aromatic nitrogens is 2. The van der Waals surface area contributed by atoms with Crippen molar-refractivity contribution >= 4 is 5.91 Å². The van der Waals surface area contributed by atoms with Gasteiger partial charge in [-0.05, 0) is 37.6 Å². The van der Waals surface area contributed by atoms with Gasteiger partial charge < -0.3 is 15.0 Å². The van der Waals surface area contributed by atoms with Gasteiger partial charge in [0.15, 0.2) is 5.69 Å². The quantitative estimate of drug-likeness (QED) is 0.933. The Hall–Kier alpha value is -2.34. The molecule has 2 aromatic rings. The lowest BCUT2D eigenvalue weighted by Crippen LogP contribution is -2.48. The highest BCUT2D eigenvalue weighted by molar-refractivity contribution is 5.92. The number of nitrogens with one attached hydrogen (secondary N) is 1. The second-order valence-corrected chi connectivity index (χ2v) is 5.98. The molecule has 0 aliphatic carbocycles. The molecular formula is C18H24N4O2. The third-order valence-corrected chi connectivity index (χ3v) is 4.50. The topological polar surface area (TPSA) is 59.4 Å². The molecule has 0 spiro atoms. The number of hydrogen-bond donors (Lipinski definition) is 1. The Balaban J connectivity index is 1.86. The number of ether oxygens (including phenoxy) is 1. The van der Waals surface area contributed by atoms with Crippen LogP contribution in [0.2, 0.25) is 0 Å². The molecule has 6 nitrogen and oxygen atoms in total. The van der Waals surface area contributed by atoms with E-state index in [1.54, 1.807) is 7.11 Å². The molecule has 24 heavy (non-hydrogen) atoms. The van der Waals surface area contributed by atoms with Crippen LogP contribution in [-0.4, -0.2) is 47.3 Å². The Morgan fingerprint density at radius 3 is 2.75 bits per heavy atom. The molecule has 1 unspecified atom stereocenters. The van der Waals surface area contributed by atoms with Crippen LogP contribution < -0.4 is 10.1 Å². The lowest BCUT2D eigenvalue weighted by molar-refractivity contribution is 0.0627. The molecule has 1 aliphatic rings. The summed E-state index contributed by atoms with van der Waals surface area (Å²) in [5, 5.41) is 7.82. The minimum Gasteiger partial charge on any atom is -0.497 e. The number of amides is 1. The molecule has 1 aromatic carbocycles. The van der Waals surface area contributed by atoms with Gasteiger partial charge in [0.2, 0.25) is 0 Å². The van der Waals surface area contributed by atoms with Gasteiger partial charge in [0.1, 0.15) is 5.75 Å². The van der Waals surface area contributed by atoms with Gasteiger partial charge in [-0.15, -0.1) is 0 Å². The summed E-state index contributed by atoms with van der Waals surface area (Å²) in [5.74, 6) is 0.810. The maximum Gasteiger partial charge on any atom is 0.274 e. The van der Waals surface area contributed by atoms with Gasteiger partial charge >= 0.3 is 0 Å². The summed E-state index contributed by atoms with van der Waals surface area (Å²) >= 11 is 0. The molecule has 0 radical (unpaired) electrons. The van der Waals surface area contributed by atoms with E-state index in [0.717, 1.165) is 36.6 Å². The van der Waals surface area contributed by atoms with Crippen LogP contribution in [0, 0.1) is 6.92 Å². The second kappa shape index (κ2) is 7.05. The van der Waals surface area contributed by atoms with Crippen molar-refractivity contribution < 1.29 is 9.53 Å². The summed E-state index contributed by atoms with van der Waals surface area (Å²) in [6.07, 6.45) is 0. The predicted octanol–water partition coefficient (Wildman–Crippen LogP) is 2.01. The molecule has 3 rings (SSSR count). The maximum absolute atomic E-state index is 13.0. The number of carbonyl (C=O) groups excluding carboxylic acids is 1. The highest BCUT2D eigenvalue weighted by Crippen LogP contribution is 2.26. The number of hydrogen-bond acceptors (Lipinski definition) is 4. The Morgan fingerprint density at radius 1 is 1.38 bits per heavy atom. The summed E-state index contributed by atoms with van der Waals surface area (Å²) in [7, 11) is 1.65. The zero-order valence-corrected chi connectivity index (χ0v) is 14.5. The van der Waals surface area contributed by atoms with E-state index >= 15 is 0 Å². The zero-order valence-electron chi connectivity index (χ0n) is 14.5. The summed E-state index contributed by atoms with van der Waals surface area (Å²) in [4.78, 5) is 14.9. The molecule has 1 fully saturated rings. The van der Waals surface area contributed by atoms with Crippen LogP contribution in [0.25, 0.3) is 0 Å². The van der Waals surface area contributed by atoms with E-state index in [-0.39, 0.29) is 11.9 Å². The van der Waals surface area contributed by atoms with Crippen molar-refractivity contribution in [2.45, 2.75) is 26.4 Å². The van der Waals surface area contributed by atoms with Crippen molar-refractivity contribution in [3.63, 3.8) is 0 Å². The number of methoxy groups -OCH3 is 1. The largest absolute Gasteiger partial charge is 0.497 e. The van der Waals surface area contributed by atoms with E-state index in [1.807, 2.05) is 53.8 Å². The van der Waals surface area contributed by atoms with Gasteiger partial charge in [0.25, 0.3) is 5.91 Å². The van der Waals surface area contributed by atoms with Crippen LogP contribution in [0.5, 0.6) is 5.75 Å². The van der Waals surface area contributed by atoms with E-state index in [1.165, 1.54) is 0 Å². The SMILES string of the molecule is CCn1nc(C(=O)N2CCNCC2c2ccc(OC)cc2)cc1C. The minimum absolute atomic E-state index is 0.00392. The lowest BCUT2D eigenvalue weighted by Gasteiger charge is -2.36. The van der Waals surface area contributed by atoms with Crippen LogP contribution in [0.3, 0.4) is 0 Å². The fourth-order valence-electron chi connectivity index (χ4n) is 3.15. The third-order valence-electron chi connectivity index (χ3n) is 4.50. The number of aryl methyl sites for hydroxylation is 2. The third kappa shape index (κ3) is 3.14. The van der Waals surface area contributed by atoms with Crippen molar-refractivity contribution in [2.75, 3.05) is 26.7 Å². The van der Waals surface area contributed by atoms with Gasteiger partial charge in [0, 0.05) is 31.9 Å². The normalized spacial score (nSPS) is 17.8. The molecular weight excluding hydrogens is 304 g/mol. The molecule has 1 saturated heterocycles. The van der Waals surface area contributed by atoms with Gasteiger partial charge in [-0.2, -0.15) is 5.10 Å². The monoisotopic (exact) mass is 328 g/mol. The highest BCUT2D eigenvalue weighted by atomic mass is 16.5. The smallest absolute Gasteiger partial charge is 0.274 e. The van der Waals surface area contributed by atoms with E-state index < -0.39 is 0 Å². The number of rotatable bonds is 4. The standard InChI is InChI=1S/C18H24N4O2/c1-4-22-13(2)11-16(20-22)18(23)21-10-9-19-12-17(21)14-5-7-15(24-3)8-6-14/h5-8,11,17,19H,4,9-10,12H2,1-3H3. The first-order valence-electron chi connectivity index (χ1n) is 8.34. The second-order valence-electron chi connectivity index (χ2n) is 5.98. The fraction of sp³-hybridized carbons (Fsp3) is 0.444. The molecule has 1 amide bonds. The van der Waals surface area contributed by atoms with E-state index in [4.69, 9.17) is 4.74 Å². The van der Waals surface area contributed by atoms with Gasteiger partial charge in [-0.3, -0.25) is 9.48 Å².